The summed E-state index contributed by atoms with van der Waals surface area (Å²) in [6.07, 6.45) is 3.02. The standard InChI is InChI=1S/C21H21BrN2O2/c22-18(20(25)21(26)24-14-8-3-9-15-24)19(16-10-4-1-5-11-16)23-17-12-6-2-7-13-17/h1-2,4-7,10-13,23H,3,8-9,14-15H2/b19-18-. The topological polar surface area (TPSA) is 49.4 Å². The largest absolute Gasteiger partial charge is 0.354 e. The minimum absolute atomic E-state index is 0.253. The van der Waals surface area contributed by atoms with Crippen molar-refractivity contribution in [2.45, 2.75) is 19.3 Å². The van der Waals surface area contributed by atoms with E-state index in [-0.39, 0.29) is 4.48 Å². The van der Waals surface area contributed by atoms with Gasteiger partial charge in [0.1, 0.15) is 0 Å². The predicted octanol–water partition coefficient (Wildman–Crippen LogP) is 4.44. The maximum atomic E-state index is 12.8. The normalized spacial score (nSPS) is 15.2. The van der Waals surface area contributed by atoms with Crippen LogP contribution in [0.25, 0.3) is 5.70 Å². The highest BCUT2D eigenvalue weighted by Gasteiger charge is 2.27. The molecule has 1 N–H and O–H groups in total. The van der Waals surface area contributed by atoms with E-state index in [0.29, 0.717) is 18.8 Å². The Balaban J connectivity index is 1.92. The van der Waals surface area contributed by atoms with Crippen molar-refractivity contribution >= 4 is 39.0 Å². The Labute approximate surface area is 162 Å². The molecule has 26 heavy (non-hydrogen) atoms. The van der Waals surface area contributed by atoms with Gasteiger partial charge < -0.3 is 10.2 Å². The molecule has 0 spiro atoms. The number of hydrogen-bond acceptors (Lipinski definition) is 3. The first-order valence-corrected chi connectivity index (χ1v) is 9.57. The highest BCUT2D eigenvalue weighted by atomic mass is 79.9. The van der Waals surface area contributed by atoms with Gasteiger partial charge in [0.15, 0.2) is 0 Å². The maximum Gasteiger partial charge on any atom is 0.295 e. The molecular formula is C21H21BrN2O2. The van der Waals surface area contributed by atoms with Gasteiger partial charge in [-0.25, -0.2) is 0 Å². The van der Waals surface area contributed by atoms with Crippen molar-refractivity contribution in [1.82, 2.24) is 4.90 Å². The first-order chi connectivity index (χ1) is 12.7. The van der Waals surface area contributed by atoms with E-state index in [1.54, 1.807) is 4.90 Å². The van der Waals surface area contributed by atoms with Crippen LogP contribution in [0.5, 0.6) is 0 Å². The van der Waals surface area contributed by atoms with Gasteiger partial charge in [-0.3, -0.25) is 9.59 Å². The fraction of sp³-hybridized carbons (Fsp3) is 0.238. The van der Waals surface area contributed by atoms with E-state index in [2.05, 4.69) is 21.2 Å². The zero-order valence-electron chi connectivity index (χ0n) is 14.5. The van der Waals surface area contributed by atoms with Crippen LogP contribution < -0.4 is 5.32 Å². The molecule has 3 rings (SSSR count). The molecule has 1 amide bonds. The number of piperidine rings is 1. The molecule has 1 heterocycles. The predicted molar refractivity (Wildman–Crippen MR) is 108 cm³/mol. The molecule has 4 nitrogen and oxygen atoms in total. The number of anilines is 1. The highest BCUT2D eigenvalue weighted by molar-refractivity contribution is 9.12. The molecule has 0 bridgehead atoms. The van der Waals surface area contributed by atoms with Crippen LogP contribution in [0.1, 0.15) is 24.8 Å². The third-order valence-corrected chi connectivity index (χ3v) is 5.12. The van der Waals surface area contributed by atoms with Gasteiger partial charge in [-0.1, -0.05) is 48.5 Å². The van der Waals surface area contributed by atoms with Gasteiger partial charge in [0.05, 0.1) is 10.2 Å². The lowest BCUT2D eigenvalue weighted by atomic mass is 10.1. The summed E-state index contributed by atoms with van der Waals surface area (Å²) in [4.78, 5) is 27.1. The van der Waals surface area contributed by atoms with Crippen molar-refractivity contribution < 1.29 is 9.59 Å². The fourth-order valence-corrected chi connectivity index (χ4v) is 3.47. The second kappa shape index (κ2) is 8.81. The van der Waals surface area contributed by atoms with Crippen molar-refractivity contribution in [3.05, 3.63) is 70.7 Å². The molecule has 1 fully saturated rings. The molecular weight excluding hydrogens is 392 g/mol. The van der Waals surface area contributed by atoms with Crippen molar-refractivity contribution in [2.24, 2.45) is 0 Å². The van der Waals surface area contributed by atoms with Crippen molar-refractivity contribution in [3.8, 4) is 0 Å². The Morgan fingerprint density at radius 1 is 0.846 bits per heavy atom. The Morgan fingerprint density at radius 2 is 1.42 bits per heavy atom. The molecule has 0 saturated carbocycles. The van der Waals surface area contributed by atoms with Crippen LogP contribution in [0.2, 0.25) is 0 Å². The first-order valence-electron chi connectivity index (χ1n) is 8.77. The number of amides is 1. The SMILES string of the molecule is O=C(C(=O)N1CCCCC1)/C(Br)=C(/Nc1ccccc1)c1ccccc1. The molecule has 0 atom stereocenters. The van der Waals surface area contributed by atoms with E-state index in [4.69, 9.17) is 0 Å². The number of ketones is 1. The number of Topliss-reactive ketones (excluding diaryl/α,β-unsaturated/α-hetero) is 1. The van der Waals surface area contributed by atoms with Crippen LogP contribution in [0.3, 0.4) is 0 Å². The molecule has 1 aliphatic heterocycles. The number of benzene rings is 2. The molecule has 0 radical (unpaired) electrons. The Kier molecular flexibility index (Phi) is 6.23. The number of para-hydroxylation sites is 1. The summed E-state index contributed by atoms with van der Waals surface area (Å²) in [6, 6.07) is 19.1. The summed E-state index contributed by atoms with van der Waals surface area (Å²) >= 11 is 3.39. The number of nitrogens with zero attached hydrogens (tertiary/aromatic N) is 1. The van der Waals surface area contributed by atoms with Gasteiger partial charge in [0.2, 0.25) is 0 Å². The second-order valence-electron chi connectivity index (χ2n) is 6.23. The van der Waals surface area contributed by atoms with Crippen LogP contribution in [0.4, 0.5) is 5.69 Å². The van der Waals surface area contributed by atoms with Crippen LogP contribution >= 0.6 is 15.9 Å². The van der Waals surface area contributed by atoms with Crippen LogP contribution in [0.15, 0.2) is 65.1 Å². The molecule has 0 aromatic heterocycles. The zero-order chi connectivity index (χ0) is 18.4. The number of carbonyl (C=O) groups is 2. The van der Waals surface area contributed by atoms with E-state index in [1.165, 1.54) is 0 Å². The Hall–Kier alpha value is -2.40. The average molecular weight is 413 g/mol. The third-order valence-electron chi connectivity index (χ3n) is 4.36. The first kappa shape index (κ1) is 18.4. The van der Waals surface area contributed by atoms with E-state index in [0.717, 1.165) is 30.5 Å². The molecule has 2 aromatic rings. The summed E-state index contributed by atoms with van der Waals surface area (Å²) in [5, 5.41) is 3.27. The average Bonchev–Trinajstić information content (AvgIpc) is 2.72. The highest BCUT2D eigenvalue weighted by Crippen LogP contribution is 2.26. The summed E-state index contributed by atoms with van der Waals surface area (Å²) in [7, 11) is 0. The van der Waals surface area contributed by atoms with Gasteiger partial charge in [0.25, 0.3) is 11.7 Å². The monoisotopic (exact) mass is 412 g/mol. The van der Waals surface area contributed by atoms with E-state index in [9.17, 15) is 9.59 Å². The summed E-state index contributed by atoms with van der Waals surface area (Å²) in [5.41, 5.74) is 2.27. The molecule has 134 valence electrons. The second-order valence-corrected chi connectivity index (χ2v) is 7.02. The van der Waals surface area contributed by atoms with Crippen molar-refractivity contribution in [3.63, 3.8) is 0 Å². The molecule has 0 unspecified atom stereocenters. The lowest BCUT2D eigenvalue weighted by molar-refractivity contribution is -0.143. The Bertz CT molecular complexity index is 797. The van der Waals surface area contributed by atoms with E-state index < -0.39 is 11.7 Å². The number of likely N-dealkylation sites (tertiary alicyclic amines) is 1. The Morgan fingerprint density at radius 3 is 2.04 bits per heavy atom. The zero-order valence-corrected chi connectivity index (χ0v) is 16.0. The molecule has 0 aliphatic carbocycles. The summed E-state index contributed by atoms with van der Waals surface area (Å²) in [6.45, 7) is 1.30. The summed E-state index contributed by atoms with van der Waals surface area (Å²) in [5.74, 6) is -0.964. The van der Waals surface area contributed by atoms with Crippen molar-refractivity contribution in [2.75, 3.05) is 18.4 Å². The van der Waals surface area contributed by atoms with Crippen LogP contribution in [0, 0.1) is 0 Å². The van der Waals surface area contributed by atoms with Crippen molar-refractivity contribution in [1.29, 1.82) is 0 Å². The van der Waals surface area contributed by atoms with E-state index >= 15 is 0 Å². The number of nitrogens with one attached hydrogen (secondary N) is 1. The quantitative estimate of drug-likeness (QED) is 0.582. The van der Waals surface area contributed by atoms with Gasteiger partial charge in [0, 0.05) is 18.8 Å². The maximum absolute atomic E-state index is 12.8. The number of carbonyl (C=O) groups excluding carboxylic acids is 2. The minimum Gasteiger partial charge on any atom is -0.354 e. The van der Waals surface area contributed by atoms with Gasteiger partial charge in [-0.05, 0) is 52.9 Å². The molecule has 5 heteroatoms. The number of rotatable bonds is 5. The summed E-state index contributed by atoms with van der Waals surface area (Å²) < 4.78 is 0.253. The lowest BCUT2D eigenvalue weighted by Crippen LogP contribution is -2.40. The molecule has 1 saturated heterocycles. The smallest absolute Gasteiger partial charge is 0.295 e. The van der Waals surface area contributed by atoms with Crippen LogP contribution in [-0.4, -0.2) is 29.7 Å². The molecule has 1 aliphatic rings. The van der Waals surface area contributed by atoms with Gasteiger partial charge >= 0.3 is 0 Å². The minimum atomic E-state index is -0.519. The lowest BCUT2D eigenvalue weighted by Gasteiger charge is -2.26. The molecule has 2 aromatic carbocycles. The number of halogens is 1. The fourth-order valence-electron chi connectivity index (χ4n) is 2.97. The van der Waals surface area contributed by atoms with Gasteiger partial charge in [-0.15, -0.1) is 0 Å². The third kappa shape index (κ3) is 4.41. The van der Waals surface area contributed by atoms with Crippen LogP contribution in [-0.2, 0) is 9.59 Å². The van der Waals surface area contributed by atoms with E-state index in [1.807, 2.05) is 60.7 Å². The number of hydrogen-bond donors (Lipinski definition) is 1. The van der Waals surface area contributed by atoms with Gasteiger partial charge in [-0.2, -0.15) is 0 Å².